The summed E-state index contributed by atoms with van der Waals surface area (Å²) < 4.78 is 48.1. The van der Waals surface area contributed by atoms with Crippen LogP contribution in [0, 0.1) is 5.95 Å². The van der Waals surface area contributed by atoms with Gasteiger partial charge in [0.2, 0.25) is 5.95 Å². The Bertz CT molecular complexity index is 296. The van der Waals surface area contributed by atoms with Crippen LogP contribution < -0.4 is 0 Å². The van der Waals surface area contributed by atoms with E-state index in [0.717, 1.165) is 6.20 Å². The molecular weight excluding hydrogens is 194 g/mol. The van der Waals surface area contributed by atoms with Crippen LogP contribution in [0.3, 0.4) is 0 Å². The number of nitrogens with zero attached hydrogens (tertiary/aromatic N) is 1. The molecule has 0 saturated heterocycles. The van der Waals surface area contributed by atoms with Crippen molar-refractivity contribution in [3.05, 3.63) is 23.8 Å². The highest BCUT2D eigenvalue weighted by atomic mass is 32.1. The zero-order chi connectivity index (χ0) is 9.35. The minimum Gasteiger partial charge on any atom is -0.227 e. The fourth-order valence-electron chi connectivity index (χ4n) is 0.636. The second-order valence-electron chi connectivity index (χ2n) is 2.03. The summed E-state index contributed by atoms with van der Waals surface area (Å²) in [6.45, 7) is 0. The number of rotatable bonds is 0. The molecule has 66 valence electrons. The van der Waals surface area contributed by atoms with E-state index >= 15 is 0 Å². The minimum absolute atomic E-state index is 0.0243. The quantitative estimate of drug-likeness (QED) is 0.383. The molecule has 0 saturated carbocycles. The van der Waals surface area contributed by atoms with Gasteiger partial charge in [-0.2, -0.15) is 17.6 Å². The van der Waals surface area contributed by atoms with E-state index in [1.807, 2.05) is 0 Å². The first-order valence-corrected chi connectivity index (χ1v) is 3.27. The third-order valence-electron chi connectivity index (χ3n) is 1.13. The molecule has 1 heterocycles. The van der Waals surface area contributed by atoms with Crippen molar-refractivity contribution in [2.24, 2.45) is 0 Å². The second-order valence-corrected chi connectivity index (χ2v) is 2.55. The van der Waals surface area contributed by atoms with Crippen molar-refractivity contribution in [2.45, 2.75) is 11.1 Å². The van der Waals surface area contributed by atoms with E-state index in [9.17, 15) is 17.6 Å². The monoisotopic (exact) mass is 197 g/mol. The lowest BCUT2D eigenvalue weighted by Crippen LogP contribution is -2.09. The largest absolute Gasteiger partial charge is 0.420 e. The van der Waals surface area contributed by atoms with Gasteiger partial charge >= 0.3 is 6.18 Å². The molecule has 0 aliphatic rings. The number of pyridine rings is 1. The Morgan fingerprint density at radius 1 is 1.33 bits per heavy atom. The molecule has 0 N–H and O–H groups in total. The van der Waals surface area contributed by atoms with Gasteiger partial charge in [-0.25, -0.2) is 4.98 Å². The Labute approximate surface area is 70.8 Å². The summed E-state index contributed by atoms with van der Waals surface area (Å²) >= 11 is 3.60. The van der Waals surface area contributed by atoms with Crippen molar-refractivity contribution in [3.63, 3.8) is 0 Å². The molecule has 0 atom stereocenters. The maximum Gasteiger partial charge on any atom is 0.420 e. The predicted octanol–water partition coefficient (Wildman–Crippen LogP) is 2.53. The Balaban J connectivity index is 3.23. The van der Waals surface area contributed by atoms with Gasteiger partial charge in [0.05, 0.1) is 0 Å². The van der Waals surface area contributed by atoms with Gasteiger partial charge in [0, 0.05) is 11.1 Å². The van der Waals surface area contributed by atoms with Gasteiger partial charge < -0.3 is 0 Å². The summed E-state index contributed by atoms with van der Waals surface area (Å²) in [5, 5.41) is 0. The number of aromatic nitrogens is 1. The smallest absolute Gasteiger partial charge is 0.227 e. The normalized spacial score (nSPS) is 11.8. The highest BCUT2D eigenvalue weighted by Gasteiger charge is 2.34. The number of hydrogen-bond donors (Lipinski definition) is 1. The molecular formula is C6H3F4NS. The van der Waals surface area contributed by atoms with Crippen molar-refractivity contribution >= 4 is 12.6 Å². The Kier molecular flexibility index (Phi) is 2.27. The summed E-state index contributed by atoms with van der Waals surface area (Å²) in [5.41, 5.74) is -1.39. The molecule has 0 aromatic carbocycles. The number of hydrogen-bond acceptors (Lipinski definition) is 2. The molecule has 0 bridgehead atoms. The highest BCUT2D eigenvalue weighted by molar-refractivity contribution is 7.80. The van der Waals surface area contributed by atoms with Gasteiger partial charge in [0.25, 0.3) is 0 Å². The van der Waals surface area contributed by atoms with E-state index in [0.29, 0.717) is 6.07 Å². The molecule has 0 unspecified atom stereocenters. The molecule has 1 aromatic heterocycles. The van der Waals surface area contributed by atoms with E-state index in [1.165, 1.54) is 0 Å². The van der Waals surface area contributed by atoms with Gasteiger partial charge in [-0.05, 0) is 6.07 Å². The topological polar surface area (TPSA) is 12.9 Å². The lowest BCUT2D eigenvalue weighted by molar-refractivity contribution is -0.140. The third kappa shape index (κ3) is 1.88. The Morgan fingerprint density at radius 2 is 1.92 bits per heavy atom. The molecule has 0 spiro atoms. The molecule has 1 aromatic rings. The molecule has 6 heteroatoms. The summed E-state index contributed by atoms with van der Waals surface area (Å²) in [6, 6.07) is 0.589. The molecule has 12 heavy (non-hydrogen) atoms. The fraction of sp³-hybridized carbons (Fsp3) is 0.167. The fourth-order valence-corrected chi connectivity index (χ4v) is 0.823. The number of thiol groups is 1. The maximum atomic E-state index is 12.4. The van der Waals surface area contributed by atoms with Crippen molar-refractivity contribution in [3.8, 4) is 0 Å². The molecule has 0 amide bonds. The first-order chi connectivity index (χ1) is 5.41. The van der Waals surface area contributed by atoms with E-state index in [1.54, 1.807) is 0 Å². The van der Waals surface area contributed by atoms with Gasteiger partial charge in [0.15, 0.2) is 0 Å². The average Bonchev–Trinajstić information content (AvgIpc) is 1.92. The van der Waals surface area contributed by atoms with E-state index in [-0.39, 0.29) is 4.90 Å². The molecule has 0 aliphatic carbocycles. The molecule has 0 aliphatic heterocycles. The summed E-state index contributed by atoms with van der Waals surface area (Å²) in [5.74, 6) is -1.53. The van der Waals surface area contributed by atoms with Crippen LogP contribution in [0.2, 0.25) is 0 Å². The second kappa shape index (κ2) is 2.93. The first kappa shape index (κ1) is 9.31. The van der Waals surface area contributed by atoms with Crippen LogP contribution in [0.5, 0.6) is 0 Å². The zero-order valence-electron chi connectivity index (χ0n) is 5.56. The molecule has 0 radical (unpaired) electrons. The molecule has 1 rings (SSSR count). The van der Waals surface area contributed by atoms with Gasteiger partial charge in [-0.15, -0.1) is 12.6 Å². The summed E-state index contributed by atoms with van der Waals surface area (Å²) in [7, 11) is 0. The average molecular weight is 197 g/mol. The summed E-state index contributed by atoms with van der Waals surface area (Å²) in [4.78, 5) is 2.86. The van der Waals surface area contributed by atoms with Gasteiger partial charge in [-0.3, -0.25) is 0 Å². The molecule has 1 nitrogen and oxygen atoms in total. The van der Waals surface area contributed by atoms with Crippen molar-refractivity contribution in [1.29, 1.82) is 0 Å². The van der Waals surface area contributed by atoms with Crippen LogP contribution in [-0.2, 0) is 6.18 Å². The van der Waals surface area contributed by atoms with E-state index in [4.69, 9.17) is 0 Å². The van der Waals surface area contributed by atoms with E-state index < -0.39 is 17.7 Å². The van der Waals surface area contributed by atoms with Crippen molar-refractivity contribution in [2.75, 3.05) is 0 Å². The first-order valence-electron chi connectivity index (χ1n) is 2.83. The van der Waals surface area contributed by atoms with Crippen LogP contribution >= 0.6 is 12.6 Å². The SMILES string of the molecule is Fc1ncc(S)cc1C(F)(F)F. The lowest BCUT2D eigenvalue weighted by atomic mass is 10.3. The summed E-state index contributed by atoms with van der Waals surface area (Å²) in [6.07, 6.45) is -3.80. The van der Waals surface area contributed by atoms with Gasteiger partial charge in [-0.1, -0.05) is 0 Å². The van der Waals surface area contributed by atoms with Crippen molar-refractivity contribution < 1.29 is 17.6 Å². The van der Waals surface area contributed by atoms with Crippen molar-refractivity contribution in [1.82, 2.24) is 4.98 Å². The van der Waals surface area contributed by atoms with Crippen LogP contribution in [0.4, 0.5) is 17.6 Å². The Hall–Kier alpha value is -0.780. The van der Waals surface area contributed by atoms with Gasteiger partial charge in [0.1, 0.15) is 5.56 Å². The predicted molar refractivity (Wildman–Crippen MR) is 36.4 cm³/mol. The Morgan fingerprint density at radius 3 is 2.33 bits per heavy atom. The standard InChI is InChI=1S/C6H3F4NS/c7-5-4(6(8,9)10)1-3(12)2-11-5/h1-2,12H. The molecule has 0 fully saturated rings. The van der Waals surface area contributed by atoms with E-state index in [2.05, 4.69) is 17.6 Å². The zero-order valence-corrected chi connectivity index (χ0v) is 6.46. The number of halogens is 4. The third-order valence-corrected chi connectivity index (χ3v) is 1.37. The minimum atomic E-state index is -4.71. The van der Waals surface area contributed by atoms with Crippen LogP contribution in [0.15, 0.2) is 17.2 Å². The lowest BCUT2D eigenvalue weighted by Gasteiger charge is -2.06. The van der Waals surface area contributed by atoms with Crippen LogP contribution in [0.1, 0.15) is 5.56 Å². The van der Waals surface area contributed by atoms with Crippen LogP contribution in [0.25, 0.3) is 0 Å². The van der Waals surface area contributed by atoms with Crippen LogP contribution in [-0.4, -0.2) is 4.98 Å². The maximum absolute atomic E-state index is 12.4. The number of alkyl halides is 3. The highest BCUT2D eigenvalue weighted by Crippen LogP contribution is 2.31.